The zero-order valence-corrected chi connectivity index (χ0v) is 16.0. The molecule has 2 fully saturated rings. The zero-order valence-electron chi connectivity index (χ0n) is 14.4. The van der Waals surface area contributed by atoms with Gasteiger partial charge in [0.2, 0.25) is 0 Å². The number of hydrogen-bond acceptors (Lipinski definition) is 5. The fourth-order valence-corrected chi connectivity index (χ4v) is 3.61. The van der Waals surface area contributed by atoms with E-state index in [2.05, 4.69) is 22.4 Å². The Kier molecular flexibility index (Phi) is 7.99. The van der Waals surface area contributed by atoms with E-state index in [1.54, 1.807) is 0 Å². The summed E-state index contributed by atoms with van der Waals surface area (Å²) in [6.45, 7) is 3.63. The molecule has 6 nitrogen and oxygen atoms in total. The molecule has 1 aromatic rings. The summed E-state index contributed by atoms with van der Waals surface area (Å²) in [5, 5.41) is 7.51. The second-order valence-electron chi connectivity index (χ2n) is 6.80. The average molecular weight is 379 g/mol. The van der Waals surface area contributed by atoms with E-state index in [-0.39, 0.29) is 42.3 Å². The van der Waals surface area contributed by atoms with Gasteiger partial charge in [-0.25, -0.2) is 0 Å². The third kappa shape index (κ3) is 4.85. The molecule has 0 aromatic carbocycles. The number of rotatable bonds is 5. The molecule has 138 valence electrons. The summed E-state index contributed by atoms with van der Waals surface area (Å²) < 4.78 is 7.48. The van der Waals surface area contributed by atoms with Gasteiger partial charge in [-0.3, -0.25) is 9.48 Å². The van der Waals surface area contributed by atoms with Gasteiger partial charge in [0.1, 0.15) is 6.10 Å². The van der Waals surface area contributed by atoms with Crippen LogP contribution in [0.4, 0.5) is 0 Å². The summed E-state index contributed by atoms with van der Waals surface area (Å²) in [5.74, 6) is 0.0275. The predicted molar refractivity (Wildman–Crippen MR) is 97.9 cm³/mol. The molecule has 1 aromatic heterocycles. The average Bonchev–Trinajstić information content (AvgIpc) is 3.03. The van der Waals surface area contributed by atoms with Crippen LogP contribution in [0.15, 0.2) is 12.4 Å². The molecule has 2 aliphatic rings. The molecule has 1 spiro atoms. The van der Waals surface area contributed by atoms with Crippen molar-refractivity contribution in [2.45, 2.75) is 31.8 Å². The number of nitrogens with zero attached hydrogens (tertiary/aromatic N) is 3. The van der Waals surface area contributed by atoms with Crippen LogP contribution in [0.2, 0.25) is 0 Å². The minimum absolute atomic E-state index is 0. The summed E-state index contributed by atoms with van der Waals surface area (Å²) in [6.07, 6.45) is 7.69. The smallest absolute Gasteiger partial charge is 0.312 e. The minimum atomic E-state index is -0.208. The van der Waals surface area contributed by atoms with E-state index >= 15 is 0 Å². The molecule has 0 aliphatic carbocycles. The van der Waals surface area contributed by atoms with E-state index in [0.717, 1.165) is 51.9 Å². The van der Waals surface area contributed by atoms with Crippen molar-refractivity contribution >= 4 is 30.8 Å². The van der Waals surface area contributed by atoms with Gasteiger partial charge >= 0.3 is 5.97 Å². The van der Waals surface area contributed by atoms with Gasteiger partial charge in [-0.15, -0.1) is 24.8 Å². The standard InChI is InChI=1S/C16H26N4O2.2ClH/c1-19(8-3-13-10-18-20(2)11-13)12-14-9-16(15(21)22-14)4-6-17-7-5-16;;/h10-11,14,17H,3-9,12H2,1-2H3;2*1H. The summed E-state index contributed by atoms with van der Waals surface area (Å²) in [7, 11) is 4.03. The molecule has 3 heterocycles. The van der Waals surface area contributed by atoms with Gasteiger partial charge in [-0.1, -0.05) is 0 Å². The van der Waals surface area contributed by atoms with Crippen molar-refractivity contribution < 1.29 is 9.53 Å². The highest BCUT2D eigenvalue weighted by atomic mass is 35.5. The van der Waals surface area contributed by atoms with Crippen LogP contribution in [0, 0.1) is 5.41 Å². The Morgan fingerprint density at radius 1 is 1.42 bits per heavy atom. The second-order valence-corrected chi connectivity index (χ2v) is 6.80. The van der Waals surface area contributed by atoms with E-state index in [4.69, 9.17) is 4.74 Å². The van der Waals surface area contributed by atoms with Crippen LogP contribution >= 0.6 is 24.8 Å². The maximum atomic E-state index is 12.2. The normalized spacial score (nSPS) is 22.1. The van der Waals surface area contributed by atoms with Crippen molar-refractivity contribution in [2.24, 2.45) is 12.5 Å². The van der Waals surface area contributed by atoms with Gasteiger partial charge in [0, 0.05) is 32.8 Å². The lowest BCUT2D eigenvalue weighted by Crippen LogP contribution is -2.39. The highest BCUT2D eigenvalue weighted by molar-refractivity contribution is 5.85. The molecule has 0 saturated carbocycles. The summed E-state index contributed by atoms with van der Waals surface area (Å²) >= 11 is 0. The molecular weight excluding hydrogens is 351 g/mol. The van der Waals surface area contributed by atoms with E-state index in [9.17, 15) is 4.79 Å². The van der Waals surface area contributed by atoms with Crippen molar-refractivity contribution in [3.63, 3.8) is 0 Å². The molecule has 0 radical (unpaired) electrons. The van der Waals surface area contributed by atoms with Crippen molar-refractivity contribution in [2.75, 3.05) is 33.2 Å². The predicted octanol–water partition coefficient (Wildman–Crippen LogP) is 1.42. The zero-order chi connectivity index (χ0) is 15.6. The number of halogens is 2. The van der Waals surface area contributed by atoms with Crippen LogP contribution in [0.1, 0.15) is 24.8 Å². The van der Waals surface area contributed by atoms with Crippen molar-refractivity contribution in [3.05, 3.63) is 18.0 Å². The Balaban J connectivity index is 0.00000144. The quantitative estimate of drug-likeness (QED) is 0.785. The Bertz CT molecular complexity index is 532. The van der Waals surface area contributed by atoms with E-state index in [1.165, 1.54) is 5.56 Å². The largest absolute Gasteiger partial charge is 0.461 e. The second kappa shape index (κ2) is 9.04. The lowest BCUT2D eigenvalue weighted by molar-refractivity contribution is -0.150. The number of esters is 1. The van der Waals surface area contributed by atoms with E-state index in [1.807, 2.05) is 24.1 Å². The molecule has 0 amide bonds. The van der Waals surface area contributed by atoms with Gasteiger partial charge in [0.25, 0.3) is 0 Å². The van der Waals surface area contributed by atoms with Crippen LogP contribution in [-0.4, -0.2) is 60.0 Å². The molecule has 1 atom stereocenters. The van der Waals surface area contributed by atoms with Gasteiger partial charge in [0.15, 0.2) is 0 Å². The van der Waals surface area contributed by atoms with Crippen LogP contribution in [0.3, 0.4) is 0 Å². The number of nitrogens with one attached hydrogen (secondary N) is 1. The molecule has 1 unspecified atom stereocenters. The molecule has 2 aliphatic heterocycles. The minimum Gasteiger partial charge on any atom is -0.461 e. The molecule has 0 bridgehead atoms. The molecule has 3 rings (SSSR count). The maximum absolute atomic E-state index is 12.2. The topological polar surface area (TPSA) is 59.4 Å². The Hall–Kier alpha value is -0.820. The van der Waals surface area contributed by atoms with Crippen LogP contribution in [0.5, 0.6) is 0 Å². The Morgan fingerprint density at radius 3 is 2.75 bits per heavy atom. The van der Waals surface area contributed by atoms with Crippen molar-refractivity contribution in [1.82, 2.24) is 20.0 Å². The number of cyclic esters (lactones) is 1. The third-order valence-corrected chi connectivity index (χ3v) is 4.94. The van der Waals surface area contributed by atoms with Gasteiger partial charge in [0.05, 0.1) is 11.6 Å². The Morgan fingerprint density at radius 2 is 2.12 bits per heavy atom. The van der Waals surface area contributed by atoms with Crippen LogP contribution < -0.4 is 5.32 Å². The molecular formula is C16H28Cl2N4O2. The number of carbonyl (C=O) groups excluding carboxylic acids is 1. The monoisotopic (exact) mass is 378 g/mol. The highest BCUT2D eigenvalue weighted by Gasteiger charge is 2.49. The number of ether oxygens (including phenoxy) is 1. The van der Waals surface area contributed by atoms with E-state index in [0.29, 0.717) is 0 Å². The van der Waals surface area contributed by atoms with Gasteiger partial charge in [-0.2, -0.15) is 5.10 Å². The molecule has 24 heavy (non-hydrogen) atoms. The van der Waals surface area contributed by atoms with Crippen LogP contribution in [0.25, 0.3) is 0 Å². The number of aromatic nitrogens is 2. The first kappa shape index (κ1) is 21.2. The van der Waals surface area contributed by atoms with E-state index < -0.39 is 0 Å². The van der Waals surface area contributed by atoms with Crippen molar-refractivity contribution in [1.29, 1.82) is 0 Å². The number of carbonyl (C=O) groups is 1. The van der Waals surface area contributed by atoms with Gasteiger partial charge in [-0.05, 0) is 45.0 Å². The lowest BCUT2D eigenvalue weighted by Gasteiger charge is -2.29. The first-order valence-electron chi connectivity index (χ1n) is 8.15. The fraction of sp³-hybridized carbons (Fsp3) is 0.750. The number of likely N-dealkylation sites (N-methyl/N-ethyl adjacent to an activating group) is 1. The first-order valence-corrected chi connectivity index (χ1v) is 8.15. The number of hydrogen-bond donors (Lipinski definition) is 1. The molecule has 1 N–H and O–H groups in total. The number of aryl methyl sites for hydroxylation is 1. The lowest BCUT2D eigenvalue weighted by atomic mass is 9.76. The molecule has 2 saturated heterocycles. The highest BCUT2D eigenvalue weighted by Crippen LogP contribution is 2.41. The SMILES string of the molecule is CN(CCc1cnn(C)c1)CC1CC2(CCNCC2)C(=O)O1.Cl.Cl. The summed E-state index contributed by atoms with van der Waals surface area (Å²) in [6, 6.07) is 0. The molecule has 8 heteroatoms. The third-order valence-electron chi connectivity index (χ3n) is 4.94. The Labute approximate surface area is 156 Å². The fourth-order valence-electron chi connectivity index (χ4n) is 3.61. The number of piperidine rings is 1. The van der Waals surface area contributed by atoms with Crippen molar-refractivity contribution in [3.8, 4) is 0 Å². The summed E-state index contributed by atoms with van der Waals surface area (Å²) in [5.41, 5.74) is 1.03. The van der Waals surface area contributed by atoms with Gasteiger partial charge < -0.3 is 15.0 Å². The maximum Gasteiger partial charge on any atom is 0.312 e. The first-order chi connectivity index (χ1) is 10.6. The van der Waals surface area contributed by atoms with Crippen LogP contribution in [-0.2, 0) is 23.0 Å². The summed E-state index contributed by atoms with van der Waals surface area (Å²) in [4.78, 5) is 14.5.